The van der Waals surface area contributed by atoms with Gasteiger partial charge in [-0.3, -0.25) is 0 Å². The Balaban J connectivity index is 3.04. The van der Waals surface area contributed by atoms with Crippen LogP contribution in [0.25, 0.3) is 0 Å². The van der Waals surface area contributed by atoms with E-state index < -0.39 is 5.82 Å². The highest BCUT2D eigenvalue weighted by molar-refractivity contribution is 5.42. The molecule has 3 nitrogen and oxygen atoms in total. The first-order valence-corrected chi connectivity index (χ1v) is 5.56. The number of hydrogen-bond donors (Lipinski definition) is 0. The summed E-state index contributed by atoms with van der Waals surface area (Å²) in [5.41, 5.74) is 0.951. The molecule has 0 saturated carbocycles. The van der Waals surface area contributed by atoms with E-state index in [9.17, 15) is 4.39 Å². The maximum atomic E-state index is 13.5. The van der Waals surface area contributed by atoms with E-state index in [4.69, 9.17) is 9.47 Å². The lowest BCUT2D eigenvalue weighted by Crippen LogP contribution is -2.26. The fraction of sp³-hybridized carbons (Fsp3) is 0.538. The Kier molecular flexibility index (Phi) is 4.75. The third-order valence-electron chi connectivity index (χ3n) is 2.95. The van der Waals surface area contributed by atoms with Gasteiger partial charge < -0.3 is 14.4 Å². The molecule has 1 rings (SSSR count). The Morgan fingerprint density at radius 1 is 1.18 bits per heavy atom. The Bertz CT molecular complexity index is 380. The van der Waals surface area contributed by atoms with Crippen molar-refractivity contribution < 1.29 is 13.9 Å². The van der Waals surface area contributed by atoms with Gasteiger partial charge in [0.15, 0.2) is 11.6 Å². The van der Waals surface area contributed by atoms with Gasteiger partial charge in [0.2, 0.25) is 0 Å². The molecule has 0 radical (unpaired) electrons. The minimum absolute atomic E-state index is 0.256. The van der Waals surface area contributed by atoms with Crippen molar-refractivity contribution in [1.82, 2.24) is 4.90 Å². The molecule has 0 aliphatic heterocycles. The van der Waals surface area contributed by atoms with Crippen LogP contribution in [0, 0.1) is 5.82 Å². The van der Waals surface area contributed by atoms with Crippen LogP contribution in [0.5, 0.6) is 11.5 Å². The van der Waals surface area contributed by atoms with Crippen molar-refractivity contribution in [3.63, 3.8) is 0 Å². The van der Waals surface area contributed by atoms with E-state index in [1.807, 2.05) is 14.1 Å². The first kappa shape index (κ1) is 13.8. The van der Waals surface area contributed by atoms with Crippen LogP contribution < -0.4 is 9.47 Å². The van der Waals surface area contributed by atoms with Crippen LogP contribution in [0.2, 0.25) is 0 Å². The van der Waals surface area contributed by atoms with Crippen LogP contribution >= 0.6 is 0 Å². The van der Waals surface area contributed by atoms with Crippen molar-refractivity contribution in [2.45, 2.75) is 19.4 Å². The first-order chi connectivity index (χ1) is 7.99. The Morgan fingerprint density at radius 3 is 2.24 bits per heavy atom. The number of likely N-dealkylation sites (N-methyl/N-ethyl adjacent to an activating group) is 1. The van der Waals surface area contributed by atoms with Gasteiger partial charge in [-0.2, -0.15) is 0 Å². The van der Waals surface area contributed by atoms with Gasteiger partial charge in [-0.15, -0.1) is 0 Å². The lowest BCUT2D eigenvalue weighted by molar-refractivity contribution is 0.307. The molecule has 0 aliphatic rings. The van der Waals surface area contributed by atoms with Gasteiger partial charge in [-0.1, -0.05) is 0 Å². The molecule has 1 aromatic rings. The third kappa shape index (κ3) is 3.33. The number of methoxy groups -OCH3 is 2. The molecule has 17 heavy (non-hydrogen) atoms. The summed E-state index contributed by atoms with van der Waals surface area (Å²) in [6.07, 6.45) is 0.785. The van der Waals surface area contributed by atoms with Crippen molar-refractivity contribution in [3.8, 4) is 11.5 Å². The van der Waals surface area contributed by atoms with Gasteiger partial charge in [0.1, 0.15) is 5.75 Å². The monoisotopic (exact) mass is 241 g/mol. The van der Waals surface area contributed by atoms with Crippen molar-refractivity contribution in [3.05, 3.63) is 23.5 Å². The molecule has 0 aromatic heterocycles. The van der Waals surface area contributed by atoms with Gasteiger partial charge >= 0.3 is 0 Å². The standard InChI is InChI=1S/C13H20FNO2/c1-9(15(2)3)6-10-7-13(17-5)11(14)8-12(10)16-4/h7-9H,6H2,1-5H3. The molecule has 1 unspecified atom stereocenters. The van der Waals surface area contributed by atoms with E-state index in [-0.39, 0.29) is 5.75 Å². The minimum atomic E-state index is -0.398. The summed E-state index contributed by atoms with van der Waals surface area (Å²) in [5.74, 6) is 0.425. The molecule has 1 atom stereocenters. The molecule has 1 aromatic carbocycles. The fourth-order valence-electron chi connectivity index (χ4n) is 1.58. The van der Waals surface area contributed by atoms with Gasteiger partial charge in [-0.25, -0.2) is 4.39 Å². The third-order valence-corrected chi connectivity index (χ3v) is 2.95. The van der Waals surface area contributed by atoms with Gasteiger partial charge in [0, 0.05) is 12.1 Å². The summed E-state index contributed by atoms with van der Waals surface area (Å²) in [6, 6.07) is 3.42. The first-order valence-electron chi connectivity index (χ1n) is 5.56. The molecule has 0 heterocycles. The quantitative estimate of drug-likeness (QED) is 0.789. The molecule has 0 bridgehead atoms. The average Bonchev–Trinajstić information content (AvgIpc) is 2.30. The highest BCUT2D eigenvalue weighted by Gasteiger charge is 2.14. The fourth-order valence-corrected chi connectivity index (χ4v) is 1.58. The van der Waals surface area contributed by atoms with Crippen molar-refractivity contribution in [1.29, 1.82) is 0 Å². The predicted octanol–water partition coefficient (Wildman–Crippen LogP) is 2.34. The van der Waals surface area contributed by atoms with Crippen molar-refractivity contribution >= 4 is 0 Å². The van der Waals surface area contributed by atoms with E-state index in [0.29, 0.717) is 11.8 Å². The van der Waals surface area contributed by atoms with Crippen molar-refractivity contribution in [2.24, 2.45) is 0 Å². The maximum Gasteiger partial charge on any atom is 0.168 e. The zero-order valence-corrected chi connectivity index (χ0v) is 11.1. The van der Waals surface area contributed by atoms with E-state index in [2.05, 4.69) is 11.8 Å². The molecular weight excluding hydrogens is 221 g/mol. The smallest absolute Gasteiger partial charge is 0.168 e. The van der Waals surface area contributed by atoms with Gasteiger partial charge in [0.25, 0.3) is 0 Å². The molecule has 0 fully saturated rings. The molecule has 0 saturated heterocycles. The van der Waals surface area contributed by atoms with Gasteiger partial charge in [0.05, 0.1) is 14.2 Å². The molecule has 4 heteroatoms. The van der Waals surface area contributed by atoms with Crippen LogP contribution in [-0.2, 0) is 6.42 Å². The summed E-state index contributed by atoms with van der Waals surface area (Å²) in [4.78, 5) is 2.11. The SMILES string of the molecule is COc1cc(CC(C)N(C)C)c(OC)cc1F. The predicted molar refractivity (Wildman–Crippen MR) is 66.4 cm³/mol. The lowest BCUT2D eigenvalue weighted by atomic mass is 10.0. The molecule has 0 aliphatic carbocycles. The summed E-state index contributed by atoms with van der Waals surface area (Å²) >= 11 is 0. The largest absolute Gasteiger partial charge is 0.496 e. The number of benzene rings is 1. The molecule has 0 amide bonds. The Labute approximate surface area is 102 Å². The lowest BCUT2D eigenvalue weighted by Gasteiger charge is -2.21. The van der Waals surface area contributed by atoms with Crippen LogP contribution in [0.15, 0.2) is 12.1 Å². The second-order valence-electron chi connectivity index (χ2n) is 4.32. The average molecular weight is 241 g/mol. The van der Waals surface area contributed by atoms with E-state index in [0.717, 1.165) is 12.0 Å². The van der Waals surface area contributed by atoms with E-state index in [1.54, 1.807) is 13.2 Å². The number of halogens is 1. The number of ether oxygens (including phenoxy) is 2. The maximum absolute atomic E-state index is 13.5. The second-order valence-corrected chi connectivity index (χ2v) is 4.32. The van der Waals surface area contributed by atoms with Crippen LogP contribution in [0.1, 0.15) is 12.5 Å². The molecular formula is C13H20FNO2. The summed E-state index contributed by atoms with van der Waals surface area (Å²) < 4.78 is 23.7. The van der Waals surface area contributed by atoms with Crippen molar-refractivity contribution in [2.75, 3.05) is 28.3 Å². The summed E-state index contributed by atoms with van der Waals surface area (Å²) in [5, 5.41) is 0. The number of rotatable bonds is 5. The summed E-state index contributed by atoms with van der Waals surface area (Å²) in [6.45, 7) is 2.11. The second kappa shape index (κ2) is 5.87. The highest BCUT2D eigenvalue weighted by Crippen LogP contribution is 2.28. The Morgan fingerprint density at radius 2 is 1.76 bits per heavy atom. The number of nitrogens with zero attached hydrogens (tertiary/aromatic N) is 1. The van der Waals surface area contributed by atoms with E-state index >= 15 is 0 Å². The zero-order chi connectivity index (χ0) is 13.0. The van der Waals surface area contributed by atoms with Crippen LogP contribution in [0.3, 0.4) is 0 Å². The zero-order valence-electron chi connectivity index (χ0n) is 11.1. The normalized spacial score (nSPS) is 12.6. The van der Waals surface area contributed by atoms with Crippen LogP contribution in [0.4, 0.5) is 4.39 Å². The minimum Gasteiger partial charge on any atom is -0.496 e. The molecule has 0 spiro atoms. The molecule has 0 N–H and O–H groups in total. The highest BCUT2D eigenvalue weighted by atomic mass is 19.1. The summed E-state index contributed by atoms with van der Waals surface area (Å²) in [7, 11) is 7.03. The Hall–Kier alpha value is -1.29. The molecule has 96 valence electrons. The van der Waals surface area contributed by atoms with Crippen LogP contribution in [-0.4, -0.2) is 39.3 Å². The van der Waals surface area contributed by atoms with E-state index in [1.165, 1.54) is 13.2 Å². The number of hydrogen-bond acceptors (Lipinski definition) is 3. The topological polar surface area (TPSA) is 21.7 Å². The van der Waals surface area contributed by atoms with Gasteiger partial charge in [-0.05, 0) is 39.1 Å².